The van der Waals surface area contributed by atoms with Crippen LogP contribution in [0.25, 0.3) is 0 Å². The van der Waals surface area contributed by atoms with E-state index < -0.39 is 0 Å². The highest BCUT2D eigenvalue weighted by Crippen LogP contribution is 2.14. The lowest BCUT2D eigenvalue weighted by molar-refractivity contribution is 0.0407. The van der Waals surface area contributed by atoms with Gasteiger partial charge in [0, 0.05) is 32.2 Å². The zero-order valence-electron chi connectivity index (χ0n) is 13.1. The molecule has 1 aromatic carbocycles. The molecule has 116 valence electrons. The molecule has 3 heteroatoms. The topological polar surface area (TPSA) is 29.5 Å². The van der Waals surface area contributed by atoms with Crippen molar-refractivity contribution >= 4 is 5.78 Å². The second-order valence-corrected chi connectivity index (χ2v) is 5.88. The molecular weight excluding hydrogens is 262 g/mol. The fourth-order valence-electron chi connectivity index (χ4n) is 2.93. The molecule has 0 spiro atoms. The molecule has 0 aromatic heterocycles. The largest absolute Gasteiger partial charge is 0.381 e. The summed E-state index contributed by atoms with van der Waals surface area (Å²) in [6.07, 6.45) is 6.79. The number of carbonyl (C=O) groups is 1. The Morgan fingerprint density at radius 3 is 2.52 bits per heavy atom. The van der Waals surface area contributed by atoms with Crippen molar-refractivity contribution in [3.8, 4) is 0 Å². The standard InChI is InChI=1S/C18H27NO2/c1-21-17-11-14-19(15-12-17)13-7-3-6-10-18(20)16-8-4-2-5-9-16/h2,4-5,8-9,17H,3,6-7,10-15H2,1H3. The van der Waals surface area contributed by atoms with Crippen molar-refractivity contribution in [2.75, 3.05) is 26.7 Å². The molecule has 3 nitrogen and oxygen atoms in total. The molecule has 0 N–H and O–H groups in total. The minimum atomic E-state index is 0.275. The van der Waals surface area contributed by atoms with E-state index in [1.54, 1.807) is 0 Å². The van der Waals surface area contributed by atoms with E-state index >= 15 is 0 Å². The van der Waals surface area contributed by atoms with Crippen LogP contribution in [-0.4, -0.2) is 43.5 Å². The molecule has 0 atom stereocenters. The Labute approximate surface area is 128 Å². The molecule has 2 rings (SSSR count). The maximum Gasteiger partial charge on any atom is 0.162 e. The van der Waals surface area contributed by atoms with Crippen molar-refractivity contribution in [1.82, 2.24) is 4.90 Å². The van der Waals surface area contributed by atoms with Crippen LogP contribution in [0.1, 0.15) is 48.9 Å². The van der Waals surface area contributed by atoms with Gasteiger partial charge < -0.3 is 9.64 Å². The molecular formula is C18H27NO2. The molecule has 0 aliphatic carbocycles. The number of unbranched alkanes of at least 4 members (excludes halogenated alkanes) is 2. The van der Waals surface area contributed by atoms with E-state index in [0.717, 1.165) is 50.9 Å². The van der Waals surface area contributed by atoms with Crippen LogP contribution in [0.4, 0.5) is 0 Å². The van der Waals surface area contributed by atoms with Gasteiger partial charge in [-0.3, -0.25) is 4.79 Å². The second kappa shape index (κ2) is 8.96. The zero-order chi connectivity index (χ0) is 14.9. The van der Waals surface area contributed by atoms with Crippen LogP contribution in [0.5, 0.6) is 0 Å². The summed E-state index contributed by atoms with van der Waals surface area (Å²) in [6.45, 7) is 3.47. The summed E-state index contributed by atoms with van der Waals surface area (Å²) < 4.78 is 5.39. The van der Waals surface area contributed by atoms with Gasteiger partial charge in [0.2, 0.25) is 0 Å². The highest BCUT2D eigenvalue weighted by atomic mass is 16.5. The van der Waals surface area contributed by atoms with E-state index in [9.17, 15) is 4.79 Å². The van der Waals surface area contributed by atoms with Gasteiger partial charge in [-0.15, -0.1) is 0 Å². The number of hydrogen-bond acceptors (Lipinski definition) is 3. The third-order valence-corrected chi connectivity index (χ3v) is 4.34. The van der Waals surface area contributed by atoms with Gasteiger partial charge in [-0.2, -0.15) is 0 Å². The van der Waals surface area contributed by atoms with Crippen LogP contribution in [0.3, 0.4) is 0 Å². The summed E-state index contributed by atoms with van der Waals surface area (Å²) in [4.78, 5) is 14.5. The highest BCUT2D eigenvalue weighted by Gasteiger charge is 2.17. The minimum absolute atomic E-state index is 0.275. The molecule has 21 heavy (non-hydrogen) atoms. The summed E-state index contributed by atoms with van der Waals surface area (Å²) >= 11 is 0. The van der Waals surface area contributed by atoms with E-state index in [-0.39, 0.29) is 5.78 Å². The Balaban J connectivity index is 1.53. The summed E-state index contributed by atoms with van der Waals surface area (Å²) in [6, 6.07) is 9.61. The maximum atomic E-state index is 12.0. The fraction of sp³-hybridized carbons (Fsp3) is 0.611. The number of hydrogen-bond donors (Lipinski definition) is 0. The number of nitrogens with zero attached hydrogens (tertiary/aromatic N) is 1. The van der Waals surface area contributed by atoms with Gasteiger partial charge in [-0.25, -0.2) is 0 Å². The van der Waals surface area contributed by atoms with Crippen molar-refractivity contribution < 1.29 is 9.53 Å². The summed E-state index contributed by atoms with van der Waals surface area (Å²) in [5, 5.41) is 0. The van der Waals surface area contributed by atoms with Gasteiger partial charge in [0.15, 0.2) is 5.78 Å². The summed E-state index contributed by atoms with van der Waals surface area (Å²) in [7, 11) is 1.81. The van der Waals surface area contributed by atoms with Crippen LogP contribution in [0.15, 0.2) is 30.3 Å². The quantitative estimate of drug-likeness (QED) is 0.541. The molecule has 0 unspecified atom stereocenters. The molecule has 0 radical (unpaired) electrons. The van der Waals surface area contributed by atoms with E-state index in [1.807, 2.05) is 37.4 Å². The molecule has 1 saturated heterocycles. The number of likely N-dealkylation sites (tertiary alicyclic amines) is 1. The average Bonchev–Trinajstić information content (AvgIpc) is 2.55. The Bertz CT molecular complexity index is 410. The maximum absolute atomic E-state index is 12.0. The summed E-state index contributed by atoms with van der Waals surface area (Å²) in [5.74, 6) is 0.275. The van der Waals surface area contributed by atoms with Crippen LogP contribution >= 0.6 is 0 Å². The molecule has 1 fully saturated rings. The first-order valence-electron chi connectivity index (χ1n) is 8.13. The number of ether oxygens (including phenoxy) is 1. The van der Waals surface area contributed by atoms with E-state index in [0.29, 0.717) is 12.5 Å². The molecule has 0 bridgehead atoms. The fourth-order valence-corrected chi connectivity index (χ4v) is 2.93. The van der Waals surface area contributed by atoms with Crippen molar-refractivity contribution in [3.63, 3.8) is 0 Å². The van der Waals surface area contributed by atoms with Gasteiger partial charge in [0.05, 0.1) is 6.10 Å². The number of rotatable bonds is 8. The highest BCUT2D eigenvalue weighted by molar-refractivity contribution is 5.95. The first-order chi connectivity index (χ1) is 10.3. The number of methoxy groups -OCH3 is 1. The van der Waals surface area contributed by atoms with Crippen LogP contribution in [0.2, 0.25) is 0 Å². The zero-order valence-corrected chi connectivity index (χ0v) is 13.1. The van der Waals surface area contributed by atoms with E-state index in [2.05, 4.69) is 4.90 Å². The number of Topliss-reactive ketones (excluding diaryl/α,β-unsaturated/α-hetero) is 1. The molecule has 1 heterocycles. The minimum Gasteiger partial charge on any atom is -0.381 e. The number of piperidine rings is 1. The predicted octanol–water partition coefficient (Wildman–Crippen LogP) is 3.54. The molecule has 0 saturated carbocycles. The number of carbonyl (C=O) groups excluding carboxylic acids is 1. The SMILES string of the molecule is COC1CCN(CCCCCC(=O)c2ccccc2)CC1. The van der Waals surface area contributed by atoms with Gasteiger partial charge in [-0.05, 0) is 32.2 Å². The number of benzene rings is 1. The predicted molar refractivity (Wildman–Crippen MR) is 85.7 cm³/mol. The second-order valence-electron chi connectivity index (χ2n) is 5.88. The third-order valence-electron chi connectivity index (χ3n) is 4.34. The first-order valence-corrected chi connectivity index (χ1v) is 8.13. The lowest BCUT2D eigenvalue weighted by Crippen LogP contribution is -2.37. The lowest BCUT2D eigenvalue weighted by atomic mass is 10.0. The normalized spacial score (nSPS) is 17.0. The average molecular weight is 289 g/mol. The third kappa shape index (κ3) is 5.60. The molecule has 1 aliphatic heterocycles. The van der Waals surface area contributed by atoms with Gasteiger partial charge in [-0.1, -0.05) is 36.8 Å². The first kappa shape index (κ1) is 16.2. The lowest BCUT2D eigenvalue weighted by Gasteiger charge is -2.31. The number of ketones is 1. The van der Waals surface area contributed by atoms with E-state index in [4.69, 9.17) is 4.74 Å². The Hall–Kier alpha value is -1.19. The van der Waals surface area contributed by atoms with Gasteiger partial charge in [0.1, 0.15) is 0 Å². The monoisotopic (exact) mass is 289 g/mol. The molecule has 0 amide bonds. The summed E-state index contributed by atoms with van der Waals surface area (Å²) in [5.41, 5.74) is 0.846. The Morgan fingerprint density at radius 2 is 1.86 bits per heavy atom. The van der Waals surface area contributed by atoms with Crippen LogP contribution in [-0.2, 0) is 4.74 Å². The Morgan fingerprint density at radius 1 is 1.14 bits per heavy atom. The van der Waals surface area contributed by atoms with Crippen molar-refractivity contribution in [2.45, 2.75) is 44.6 Å². The van der Waals surface area contributed by atoms with Crippen molar-refractivity contribution in [2.24, 2.45) is 0 Å². The van der Waals surface area contributed by atoms with Gasteiger partial charge in [0.25, 0.3) is 0 Å². The Kier molecular flexibility index (Phi) is 6.90. The van der Waals surface area contributed by atoms with Crippen LogP contribution < -0.4 is 0 Å². The van der Waals surface area contributed by atoms with Crippen molar-refractivity contribution in [1.29, 1.82) is 0 Å². The van der Waals surface area contributed by atoms with Crippen LogP contribution in [0, 0.1) is 0 Å². The van der Waals surface area contributed by atoms with E-state index in [1.165, 1.54) is 6.42 Å². The smallest absolute Gasteiger partial charge is 0.162 e. The molecule has 1 aliphatic rings. The van der Waals surface area contributed by atoms with Gasteiger partial charge >= 0.3 is 0 Å². The van der Waals surface area contributed by atoms with Crippen molar-refractivity contribution in [3.05, 3.63) is 35.9 Å². The molecule has 1 aromatic rings.